The van der Waals surface area contributed by atoms with Crippen LogP contribution in [0.5, 0.6) is 11.5 Å². The number of sulfone groups is 1. The van der Waals surface area contributed by atoms with Crippen LogP contribution in [0.15, 0.2) is 35.5 Å². The van der Waals surface area contributed by atoms with E-state index in [1.54, 1.807) is 0 Å². The number of benzene rings is 1. The Bertz CT molecular complexity index is 889. The number of aliphatic hydroxyl groups excluding tert-OH is 1. The van der Waals surface area contributed by atoms with Crippen molar-refractivity contribution in [2.75, 3.05) is 0 Å². The first kappa shape index (κ1) is 17.1. The fourth-order valence-electron chi connectivity index (χ4n) is 2.69. The summed E-state index contributed by atoms with van der Waals surface area (Å²) in [5.74, 6) is -2.97. The van der Waals surface area contributed by atoms with Crippen molar-refractivity contribution in [2.45, 2.75) is 29.6 Å². The monoisotopic (exact) mass is 375 g/mol. The van der Waals surface area contributed by atoms with Crippen LogP contribution in [0.25, 0.3) is 0 Å². The van der Waals surface area contributed by atoms with E-state index in [0.717, 1.165) is 6.07 Å². The number of hydrogen-bond acceptors (Lipinski definition) is 5. The zero-order valence-electron chi connectivity index (χ0n) is 12.1. The zero-order valence-corrected chi connectivity index (χ0v) is 13.7. The van der Waals surface area contributed by atoms with E-state index in [2.05, 4.69) is 4.98 Å². The van der Waals surface area contributed by atoms with Crippen LogP contribution in [0.4, 0.5) is 8.78 Å². The third-order valence-corrected chi connectivity index (χ3v) is 5.37. The third-order valence-electron chi connectivity index (χ3n) is 3.72. The molecule has 9 heteroatoms. The number of aliphatic hydroxyl groups is 1. The van der Waals surface area contributed by atoms with Crippen LogP contribution in [0, 0.1) is 0 Å². The smallest absolute Gasteiger partial charge is 0.341 e. The first-order valence-corrected chi connectivity index (χ1v) is 8.87. The Morgan fingerprint density at radius 1 is 1.33 bits per heavy atom. The molecule has 5 nitrogen and oxygen atoms in total. The van der Waals surface area contributed by atoms with Crippen molar-refractivity contribution in [2.24, 2.45) is 0 Å². The molecule has 0 fully saturated rings. The SMILES string of the molecule is O=S(=O)(c1ccc(Oc2cncc(Cl)c2)c2c1C(O)CC2)C(F)F. The van der Waals surface area contributed by atoms with E-state index in [1.165, 1.54) is 24.5 Å². The summed E-state index contributed by atoms with van der Waals surface area (Å²) in [7, 11) is -4.81. The van der Waals surface area contributed by atoms with Gasteiger partial charge in [0.1, 0.15) is 11.5 Å². The Morgan fingerprint density at radius 2 is 2.08 bits per heavy atom. The second kappa shape index (κ2) is 6.27. The molecule has 1 aromatic carbocycles. The quantitative estimate of drug-likeness (QED) is 0.885. The summed E-state index contributed by atoms with van der Waals surface area (Å²) >= 11 is 5.83. The van der Waals surface area contributed by atoms with Gasteiger partial charge in [-0.15, -0.1) is 0 Å². The number of nitrogens with zero attached hydrogens (tertiary/aromatic N) is 1. The van der Waals surface area contributed by atoms with Crippen LogP contribution >= 0.6 is 11.6 Å². The molecule has 1 aliphatic rings. The van der Waals surface area contributed by atoms with Gasteiger partial charge in [0, 0.05) is 23.4 Å². The molecule has 1 heterocycles. The minimum atomic E-state index is -4.81. The molecule has 1 atom stereocenters. The summed E-state index contributed by atoms with van der Waals surface area (Å²) in [5.41, 5.74) is 0.368. The van der Waals surface area contributed by atoms with Gasteiger partial charge in [-0.3, -0.25) is 4.98 Å². The van der Waals surface area contributed by atoms with E-state index in [1.807, 2.05) is 0 Å². The van der Waals surface area contributed by atoms with Crippen molar-refractivity contribution in [3.8, 4) is 11.5 Å². The number of hydrogen-bond donors (Lipinski definition) is 1. The van der Waals surface area contributed by atoms with Gasteiger partial charge in [0.25, 0.3) is 0 Å². The topological polar surface area (TPSA) is 76.5 Å². The summed E-state index contributed by atoms with van der Waals surface area (Å²) in [6, 6.07) is 3.84. The molecule has 0 saturated carbocycles. The summed E-state index contributed by atoms with van der Waals surface area (Å²) in [6.45, 7) is 0. The Hall–Kier alpha value is -1.77. The van der Waals surface area contributed by atoms with Crippen LogP contribution in [-0.4, -0.2) is 24.3 Å². The Kier molecular flexibility index (Phi) is 4.46. The number of fused-ring (bicyclic) bond motifs is 1. The number of pyridine rings is 1. The molecule has 1 unspecified atom stereocenters. The molecule has 1 aliphatic carbocycles. The molecular formula is C15H12ClF2NO4S. The number of halogens is 3. The second-order valence-electron chi connectivity index (χ2n) is 5.26. The fraction of sp³-hybridized carbons (Fsp3) is 0.267. The van der Waals surface area contributed by atoms with Gasteiger partial charge in [-0.2, -0.15) is 8.78 Å². The minimum absolute atomic E-state index is 0.0252. The molecule has 2 aromatic rings. The molecule has 0 bridgehead atoms. The van der Waals surface area contributed by atoms with Crippen LogP contribution in [0.1, 0.15) is 23.7 Å². The average Bonchev–Trinajstić information content (AvgIpc) is 2.90. The highest BCUT2D eigenvalue weighted by atomic mass is 35.5. The van der Waals surface area contributed by atoms with E-state index in [0.29, 0.717) is 22.8 Å². The number of ether oxygens (including phenoxy) is 1. The first-order chi connectivity index (χ1) is 11.3. The van der Waals surface area contributed by atoms with Crippen molar-refractivity contribution >= 4 is 21.4 Å². The highest BCUT2D eigenvalue weighted by molar-refractivity contribution is 7.91. The predicted octanol–water partition coefficient (Wildman–Crippen LogP) is 3.50. The molecule has 0 radical (unpaired) electrons. The molecule has 0 aliphatic heterocycles. The number of rotatable bonds is 4. The van der Waals surface area contributed by atoms with E-state index in [-0.39, 0.29) is 17.7 Å². The van der Waals surface area contributed by atoms with Crippen molar-refractivity contribution in [3.63, 3.8) is 0 Å². The van der Waals surface area contributed by atoms with Gasteiger partial charge in [-0.05, 0) is 25.0 Å². The lowest BCUT2D eigenvalue weighted by Crippen LogP contribution is -2.15. The number of aromatic nitrogens is 1. The molecular weight excluding hydrogens is 364 g/mol. The van der Waals surface area contributed by atoms with Gasteiger partial charge < -0.3 is 9.84 Å². The Balaban J connectivity index is 2.09. The highest BCUT2D eigenvalue weighted by Crippen LogP contribution is 2.43. The standard InChI is InChI=1S/C15H12ClF2NO4S/c16-8-5-9(7-19-6-8)23-12-3-4-13(24(21,22)15(17)18)14-10(12)1-2-11(14)20/h3-7,11,15,20H,1-2H2. The third kappa shape index (κ3) is 2.97. The Morgan fingerprint density at radius 3 is 2.75 bits per heavy atom. The predicted molar refractivity (Wildman–Crippen MR) is 82.2 cm³/mol. The average molecular weight is 376 g/mol. The first-order valence-electron chi connectivity index (χ1n) is 6.95. The molecule has 1 aromatic heterocycles. The summed E-state index contributed by atoms with van der Waals surface area (Å²) < 4.78 is 55.0. The van der Waals surface area contributed by atoms with Crippen LogP contribution in [-0.2, 0) is 16.3 Å². The largest absolute Gasteiger partial charge is 0.455 e. The molecule has 128 valence electrons. The lowest BCUT2D eigenvalue weighted by molar-refractivity contribution is 0.176. The van der Waals surface area contributed by atoms with Crippen LogP contribution < -0.4 is 4.74 Å². The van der Waals surface area contributed by atoms with Gasteiger partial charge in [-0.25, -0.2) is 8.42 Å². The minimum Gasteiger partial charge on any atom is -0.455 e. The van der Waals surface area contributed by atoms with Gasteiger partial charge >= 0.3 is 5.76 Å². The second-order valence-corrected chi connectivity index (χ2v) is 7.58. The molecule has 24 heavy (non-hydrogen) atoms. The van der Waals surface area contributed by atoms with Crippen LogP contribution in [0.2, 0.25) is 5.02 Å². The number of alkyl halides is 2. The van der Waals surface area contributed by atoms with E-state index >= 15 is 0 Å². The van der Waals surface area contributed by atoms with Gasteiger partial charge in [-0.1, -0.05) is 11.6 Å². The molecule has 0 amide bonds. The molecule has 0 saturated heterocycles. The highest BCUT2D eigenvalue weighted by Gasteiger charge is 2.36. The molecule has 1 N–H and O–H groups in total. The maximum absolute atomic E-state index is 12.9. The van der Waals surface area contributed by atoms with E-state index < -0.39 is 26.6 Å². The Labute approximate surface area is 141 Å². The van der Waals surface area contributed by atoms with E-state index in [4.69, 9.17) is 16.3 Å². The van der Waals surface area contributed by atoms with Crippen molar-refractivity contribution < 1.29 is 27.0 Å². The maximum atomic E-state index is 12.9. The summed E-state index contributed by atoms with van der Waals surface area (Å²) in [6.07, 6.45) is 2.24. The fourth-order valence-corrected chi connectivity index (χ4v) is 3.87. The molecule has 3 rings (SSSR count). The summed E-state index contributed by atoms with van der Waals surface area (Å²) in [4.78, 5) is 3.31. The van der Waals surface area contributed by atoms with Gasteiger partial charge in [0.05, 0.1) is 22.2 Å². The van der Waals surface area contributed by atoms with Crippen molar-refractivity contribution in [1.29, 1.82) is 0 Å². The van der Waals surface area contributed by atoms with Crippen molar-refractivity contribution in [1.82, 2.24) is 4.98 Å². The molecule has 0 spiro atoms. The summed E-state index contributed by atoms with van der Waals surface area (Å²) in [5, 5.41) is 10.4. The van der Waals surface area contributed by atoms with Crippen LogP contribution in [0.3, 0.4) is 0 Å². The lowest BCUT2D eigenvalue weighted by Gasteiger charge is -2.15. The van der Waals surface area contributed by atoms with Crippen molar-refractivity contribution in [3.05, 3.63) is 46.7 Å². The maximum Gasteiger partial charge on any atom is 0.341 e. The van der Waals surface area contributed by atoms with E-state index in [9.17, 15) is 22.3 Å². The lowest BCUT2D eigenvalue weighted by atomic mass is 10.1. The normalized spacial score (nSPS) is 17.1. The zero-order chi connectivity index (χ0) is 17.5. The van der Waals surface area contributed by atoms with Gasteiger partial charge in [0.15, 0.2) is 0 Å². The van der Waals surface area contributed by atoms with Gasteiger partial charge in [0.2, 0.25) is 9.84 Å².